The van der Waals surface area contributed by atoms with E-state index in [2.05, 4.69) is 0 Å². The van der Waals surface area contributed by atoms with Crippen molar-refractivity contribution in [3.05, 3.63) is 54.0 Å². The van der Waals surface area contributed by atoms with Crippen molar-refractivity contribution in [2.45, 2.75) is 19.3 Å². The molecule has 28 heavy (non-hydrogen) atoms. The Kier molecular flexibility index (Phi) is 5.14. The average molecular weight is 381 g/mol. The lowest BCUT2D eigenvalue weighted by Crippen LogP contribution is -2.50. The highest BCUT2D eigenvalue weighted by molar-refractivity contribution is 5.95. The zero-order valence-electron chi connectivity index (χ0n) is 15.7. The number of anilines is 1. The van der Waals surface area contributed by atoms with E-state index in [1.807, 2.05) is 24.3 Å². The Labute approximate surface area is 163 Å². The highest BCUT2D eigenvalue weighted by Gasteiger charge is 2.25. The maximum absolute atomic E-state index is 12.6. The minimum Gasteiger partial charge on any atom is -0.472 e. The summed E-state index contributed by atoms with van der Waals surface area (Å²) in [4.78, 5) is 42.1. The van der Waals surface area contributed by atoms with Crippen LogP contribution in [0.4, 0.5) is 5.69 Å². The van der Waals surface area contributed by atoms with Crippen molar-refractivity contribution in [1.29, 1.82) is 0 Å². The van der Waals surface area contributed by atoms with Crippen LogP contribution in [0, 0.1) is 0 Å². The third kappa shape index (κ3) is 3.78. The standard InChI is InChI=1S/C21H23N3O4/c25-19-2-1-8-24(19)18-5-3-16(4-6-18)14-20(26)22-9-11-23(12-10-22)21(27)17-7-13-28-15-17/h3-7,13,15H,1-2,8-12,14H2. The van der Waals surface area contributed by atoms with Gasteiger partial charge in [-0.1, -0.05) is 12.1 Å². The summed E-state index contributed by atoms with van der Waals surface area (Å²) >= 11 is 0. The Morgan fingerprint density at radius 3 is 2.25 bits per heavy atom. The lowest BCUT2D eigenvalue weighted by atomic mass is 10.1. The van der Waals surface area contributed by atoms with Crippen LogP contribution in [-0.2, 0) is 16.0 Å². The van der Waals surface area contributed by atoms with Crippen LogP contribution in [0.5, 0.6) is 0 Å². The quantitative estimate of drug-likeness (QED) is 0.811. The molecule has 0 bridgehead atoms. The molecule has 2 saturated heterocycles. The van der Waals surface area contributed by atoms with E-state index in [0.29, 0.717) is 44.6 Å². The largest absolute Gasteiger partial charge is 0.472 e. The Hall–Kier alpha value is -3.09. The summed E-state index contributed by atoms with van der Waals surface area (Å²) in [7, 11) is 0. The van der Waals surface area contributed by atoms with Gasteiger partial charge in [-0.2, -0.15) is 0 Å². The van der Waals surface area contributed by atoms with Crippen LogP contribution in [-0.4, -0.2) is 60.2 Å². The van der Waals surface area contributed by atoms with Gasteiger partial charge >= 0.3 is 0 Å². The molecule has 0 unspecified atom stereocenters. The molecule has 2 aliphatic rings. The van der Waals surface area contributed by atoms with Crippen molar-refractivity contribution in [2.75, 3.05) is 37.6 Å². The molecular formula is C21H23N3O4. The van der Waals surface area contributed by atoms with E-state index in [0.717, 1.165) is 24.2 Å². The van der Waals surface area contributed by atoms with E-state index in [9.17, 15) is 14.4 Å². The molecule has 2 fully saturated rings. The summed E-state index contributed by atoms with van der Waals surface area (Å²) in [6, 6.07) is 9.30. The van der Waals surface area contributed by atoms with Gasteiger partial charge in [-0.3, -0.25) is 14.4 Å². The monoisotopic (exact) mass is 381 g/mol. The molecular weight excluding hydrogens is 358 g/mol. The van der Waals surface area contributed by atoms with Crippen LogP contribution < -0.4 is 4.90 Å². The molecule has 1 aromatic heterocycles. The summed E-state index contributed by atoms with van der Waals surface area (Å²) in [5, 5.41) is 0. The third-order valence-corrected chi connectivity index (χ3v) is 5.36. The Balaban J connectivity index is 1.30. The van der Waals surface area contributed by atoms with E-state index in [1.165, 1.54) is 12.5 Å². The van der Waals surface area contributed by atoms with Gasteiger partial charge in [0.25, 0.3) is 5.91 Å². The van der Waals surface area contributed by atoms with Gasteiger partial charge in [0.15, 0.2) is 0 Å². The molecule has 0 spiro atoms. The van der Waals surface area contributed by atoms with Gasteiger partial charge in [0.1, 0.15) is 6.26 Å². The molecule has 146 valence electrons. The van der Waals surface area contributed by atoms with Gasteiger partial charge in [-0.05, 0) is 30.2 Å². The van der Waals surface area contributed by atoms with Gasteiger partial charge in [0, 0.05) is 44.8 Å². The predicted octanol–water partition coefficient (Wildman–Crippen LogP) is 1.93. The molecule has 2 aliphatic heterocycles. The first-order valence-electron chi connectivity index (χ1n) is 9.60. The molecule has 4 rings (SSSR count). The fourth-order valence-electron chi connectivity index (χ4n) is 3.73. The molecule has 0 N–H and O–H groups in total. The van der Waals surface area contributed by atoms with Gasteiger partial charge in [-0.25, -0.2) is 0 Å². The molecule has 0 saturated carbocycles. The zero-order valence-corrected chi connectivity index (χ0v) is 15.7. The van der Waals surface area contributed by atoms with Gasteiger partial charge < -0.3 is 19.1 Å². The number of furan rings is 1. The van der Waals surface area contributed by atoms with E-state index in [4.69, 9.17) is 4.42 Å². The number of carbonyl (C=O) groups is 3. The Morgan fingerprint density at radius 1 is 0.929 bits per heavy atom. The van der Waals surface area contributed by atoms with E-state index in [1.54, 1.807) is 20.8 Å². The molecule has 0 aliphatic carbocycles. The summed E-state index contributed by atoms with van der Waals surface area (Å²) < 4.78 is 4.97. The highest BCUT2D eigenvalue weighted by Crippen LogP contribution is 2.22. The lowest BCUT2D eigenvalue weighted by Gasteiger charge is -2.34. The average Bonchev–Trinajstić information content (AvgIpc) is 3.40. The number of piperazine rings is 1. The van der Waals surface area contributed by atoms with E-state index >= 15 is 0 Å². The number of amides is 3. The van der Waals surface area contributed by atoms with Crippen LogP contribution in [0.15, 0.2) is 47.3 Å². The number of hydrogen-bond acceptors (Lipinski definition) is 4. The molecule has 3 amide bonds. The molecule has 0 radical (unpaired) electrons. The molecule has 1 aromatic carbocycles. The zero-order chi connectivity index (χ0) is 19.5. The molecule has 3 heterocycles. The fraction of sp³-hybridized carbons (Fsp3) is 0.381. The second kappa shape index (κ2) is 7.88. The summed E-state index contributed by atoms with van der Waals surface area (Å²) in [6.45, 7) is 2.86. The van der Waals surface area contributed by atoms with Crippen molar-refractivity contribution >= 4 is 23.4 Å². The Morgan fingerprint density at radius 2 is 1.64 bits per heavy atom. The molecule has 2 aromatic rings. The van der Waals surface area contributed by atoms with Gasteiger partial charge in [0.2, 0.25) is 11.8 Å². The Bertz CT molecular complexity index is 852. The van der Waals surface area contributed by atoms with E-state index < -0.39 is 0 Å². The van der Waals surface area contributed by atoms with Gasteiger partial charge in [0.05, 0.1) is 18.2 Å². The summed E-state index contributed by atoms with van der Waals surface area (Å²) in [5.74, 6) is 0.153. The lowest BCUT2D eigenvalue weighted by molar-refractivity contribution is -0.132. The van der Waals surface area contributed by atoms with Gasteiger partial charge in [-0.15, -0.1) is 0 Å². The highest BCUT2D eigenvalue weighted by atomic mass is 16.3. The molecule has 0 atom stereocenters. The SMILES string of the molecule is O=C(Cc1ccc(N2CCCC2=O)cc1)N1CCN(C(=O)c2ccoc2)CC1. The topological polar surface area (TPSA) is 74.1 Å². The van der Waals surface area contributed by atoms with Crippen molar-refractivity contribution in [3.8, 4) is 0 Å². The van der Waals surface area contributed by atoms with Crippen LogP contribution in [0.3, 0.4) is 0 Å². The number of carbonyl (C=O) groups excluding carboxylic acids is 3. The summed E-state index contributed by atoms with van der Waals surface area (Å²) in [6.07, 6.45) is 4.75. The number of benzene rings is 1. The summed E-state index contributed by atoms with van der Waals surface area (Å²) in [5.41, 5.74) is 2.36. The maximum Gasteiger partial charge on any atom is 0.257 e. The third-order valence-electron chi connectivity index (χ3n) is 5.36. The molecule has 7 heteroatoms. The number of hydrogen-bond donors (Lipinski definition) is 0. The van der Waals surface area contributed by atoms with Crippen molar-refractivity contribution in [1.82, 2.24) is 9.80 Å². The van der Waals surface area contributed by atoms with E-state index in [-0.39, 0.29) is 17.7 Å². The second-order valence-corrected chi connectivity index (χ2v) is 7.18. The van der Waals surface area contributed by atoms with Crippen LogP contribution in [0.25, 0.3) is 0 Å². The minimum absolute atomic E-state index is 0.0559. The van der Waals surface area contributed by atoms with Crippen molar-refractivity contribution in [3.63, 3.8) is 0 Å². The first-order chi connectivity index (χ1) is 13.6. The van der Waals surface area contributed by atoms with Crippen molar-refractivity contribution < 1.29 is 18.8 Å². The first-order valence-corrected chi connectivity index (χ1v) is 9.60. The van der Waals surface area contributed by atoms with Crippen LogP contribution in [0.1, 0.15) is 28.8 Å². The predicted molar refractivity (Wildman–Crippen MR) is 103 cm³/mol. The normalized spacial score (nSPS) is 17.3. The van der Waals surface area contributed by atoms with Crippen LogP contribution >= 0.6 is 0 Å². The maximum atomic E-state index is 12.6. The number of rotatable bonds is 4. The fourth-order valence-corrected chi connectivity index (χ4v) is 3.73. The minimum atomic E-state index is -0.0621. The smallest absolute Gasteiger partial charge is 0.257 e. The first kappa shape index (κ1) is 18.3. The number of nitrogens with zero attached hydrogens (tertiary/aromatic N) is 3. The molecule has 7 nitrogen and oxygen atoms in total. The van der Waals surface area contributed by atoms with Crippen LogP contribution in [0.2, 0.25) is 0 Å². The van der Waals surface area contributed by atoms with Crippen molar-refractivity contribution in [2.24, 2.45) is 0 Å². The second-order valence-electron chi connectivity index (χ2n) is 7.18.